The normalized spacial score (nSPS) is 42.5. The molecule has 4 aliphatic carbocycles. The highest BCUT2D eigenvalue weighted by atomic mass is 32.2. The molecule has 1 saturated heterocycles. The van der Waals surface area contributed by atoms with Crippen LogP contribution in [-0.2, 0) is 19.1 Å². The molecular weight excluding hydrogens is 391 g/mol. The average molecular weight is 419 g/mol. The zero-order chi connectivity index (χ0) is 19.4. The summed E-state index contributed by atoms with van der Waals surface area (Å²) < 4.78 is 24.3. The molecule has 4 saturated carbocycles. The Balaban J connectivity index is 1.41. The number of carbonyl (C=O) groups excluding carboxylic acids is 2. The number of hydrogen-bond acceptors (Lipinski definition) is 7. The second-order valence-corrected chi connectivity index (χ2v) is 12.1. The fourth-order valence-electron chi connectivity index (χ4n) is 5.62. The van der Waals surface area contributed by atoms with Crippen molar-refractivity contribution >= 4 is 35.5 Å². The molecule has 0 aromatic rings. The van der Waals surface area contributed by atoms with Gasteiger partial charge >= 0.3 is 11.9 Å². The topological polar surface area (TPSA) is 72.8 Å². The summed E-state index contributed by atoms with van der Waals surface area (Å²) in [5, 5.41) is 9.86. The van der Waals surface area contributed by atoms with Crippen LogP contribution in [0.15, 0.2) is 0 Å². The Morgan fingerprint density at radius 1 is 1.22 bits per heavy atom. The van der Waals surface area contributed by atoms with Gasteiger partial charge in [-0.3, -0.25) is 0 Å². The van der Waals surface area contributed by atoms with Gasteiger partial charge in [-0.05, 0) is 63.7 Å². The summed E-state index contributed by atoms with van der Waals surface area (Å²) in [7, 11) is 0. The molecule has 1 spiro atoms. The number of hydrogen-bond donors (Lipinski definition) is 1. The van der Waals surface area contributed by atoms with Crippen LogP contribution >= 0.6 is 23.5 Å². The van der Waals surface area contributed by atoms with Gasteiger partial charge in [0.1, 0.15) is 5.60 Å². The highest BCUT2D eigenvalue weighted by Gasteiger charge is 2.66. The molecule has 0 radical (unpaired) electrons. The van der Waals surface area contributed by atoms with Crippen molar-refractivity contribution in [3.05, 3.63) is 0 Å². The first-order valence-corrected chi connectivity index (χ1v) is 11.5. The molecule has 5 nitrogen and oxygen atoms in total. The van der Waals surface area contributed by atoms with Gasteiger partial charge in [0.25, 0.3) is 0 Å². The minimum absolute atomic E-state index is 0.158. The summed E-state index contributed by atoms with van der Waals surface area (Å²) >= 11 is 3.94. The van der Waals surface area contributed by atoms with Gasteiger partial charge in [0.2, 0.25) is 5.67 Å². The number of thioether (sulfide) groups is 2. The molecule has 152 valence electrons. The number of rotatable bonds is 5. The van der Waals surface area contributed by atoms with Gasteiger partial charge in [0.15, 0.2) is 6.61 Å². The monoisotopic (exact) mass is 418 g/mol. The van der Waals surface area contributed by atoms with Crippen LogP contribution in [0.3, 0.4) is 0 Å². The van der Waals surface area contributed by atoms with Gasteiger partial charge in [-0.15, -0.1) is 23.5 Å². The minimum Gasteiger partial charge on any atom is -0.457 e. The van der Waals surface area contributed by atoms with Crippen molar-refractivity contribution in [2.75, 3.05) is 19.0 Å². The van der Waals surface area contributed by atoms with Gasteiger partial charge in [-0.25, -0.2) is 14.0 Å². The van der Waals surface area contributed by atoms with E-state index in [4.69, 9.17) is 9.47 Å². The highest BCUT2D eigenvalue weighted by molar-refractivity contribution is 8.21. The van der Waals surface area contributed by atoms with E-state index in [0.29, 0.717) is 23.0 Å². The van der Waals surface area contributed by atoms with Crippen LogP contribution in [0.2, 0.25) is 0 Å². The lowest BCUT2D eigenvalue weighted by atomic mass is 9.53. The molecular formula is C19H27FO5S2. The quantitative estimate of drug-likeness (QED) is 0.688. The molecule has 0 amide bonds. The standard InChI is InChI=1S/C19H27FO5S2/c1-17(2,20)16(23)24-9-15(22)25-18-5-11-3-12(6-18)19(13(4-11)7-18)26-10-14(8-21)27-19/h11-14,21H,3-10H2,1-2H3. The SMILES string of the molecule is CC(C)(F)C(=O)OCC(=O)OC12CC3CC(C1)C1(SCC(CO)S1)C(C3)C2. The van der Waals surface area contributed by atoms with Crippen LogP contribution in [0.5, 0.6) is 0 Å². The lowest BCUT2D eigenvalue weighted by molar-refractivity contribution is -0.194. The first kappa shape index (κ1) is 19.8. The predicted octanol–water partition coefficient (Wildman–Crippen LogP) is 2.94. The van der Waals surface area contributed by atoms with E-state index in [9.17, 15) is 19.1 Å². The van der Waals surface area contributed by atoms with E-state index in [1.165, 1.54) is 12.8 Å². The molecule has 5 fully saturated rings. The molecule has 4 bridgehead atoms. The zero-order valence-corrected chi connectivity index (χ0v) is 17.4. The number of ether oxygens (including phenoxy) is 2. The molecule has 3 unspecified atom stereocenters. The van der Waals surface area contributed by atoms with Crippen LogP contribution in [0, 0.1) is 17.8 Å². The van der Waals surface area contributed by atoms with Crippen molar-refractivity contribution in [2.45, 2.75) is 66.6 Å². The van der Waals surface area contributed by atoms with E-state index < -0.39 is 29.8 Å². The summed E-state index contributed by atoms with van der Waals surface area (Å²) in [5.41, 5.74) is -2.58. The fourth-order valence-corrected chi connectivity index (χ4v) is 9.70. The van der Waals surface area contributed by atoms with E-state index in [-0.39, 0.29) is 10.7 Å². The van der Waals surface area contributed by atoms with Crippen LogP contribution in [0.1, 0.15) is 46.0 Å². The molecule has 3 atom stereocenters. The second kappa shape index (κ2) is 6.80. The van der Waals surface area contributed by atoms with Crippen molar-refractivity contribution in [1.82, 2.24) is 0 Å². The minimum atomic E-state index is -2.12. The maximum atomic E-state index is 13.5. The van der Waals surface area contributed by atoms with Crippen LogP contribution < -0.4 is 0 Å². The van der Waals surface area contributed by atoms with E-state index in [1.54, 1.807) is 0 Å². The van der Waals surface area contributed by atoms with E-state index in [1.807, 2.05) is 23.5 Å². The second-order valence-electron chi connectivity index (χ2n) is 9.00. The lowest BCUT2D eigenvalue weighted by Gasteiger charge is -2.63. The van der Waals surface area contributed by atoms with Crippen molar-refractivity contribution < 1.29 is 28.6 Å². The smallest absolute Gasteiger partial charge is 0.344 e. The molecule has 27 heavy (non-hydrogen) atoms. The Morgan fingerprint density at radius 3 is 2.44 bits per heavy atom. The third kappa shape index (κ3) is 3.50. The Morgan fingerprint density at radius 2 is 1.89 bits per heavy atom. The van der Waals surface area contributed by atoms with Crippen molar-refractivity contribution in [1.29, 1.82) is 0 Å². The van der Waals surface area contributed by atoms with Gasteiger partial charge in [0.05, 0.1) is 10.7 Å². The molecule has 1 aliphatic heterocycles. The third-order valence-corrected chi connectivity index (χ3v) is 10.7. The maximum absolute atomic E-state index is 13.5. The van der Waals surface area contributed by atoms with Crippen LogP contribution in [0.4, 0.5) is 4.39 Å². The Hall–Kier alpha value is -0.470. The van der Waals surface area contributed by atoms with E-state index in [2.05, 4.69) is 0 Å². The summed E-state index contributed by atoms with van der Waals surface area (Å²) in [6.45, 7) is 1.90. The number of carbonyl (C=O) groups is 2. The number of aliphatic hydroxyl groups is 1. The number of alkyl halides is 1. The Labute approximate surface area is 167 Å². The molecule has 5 aliphatic rings. The maximum Gasteiger partial charge on any atom is 0.344 e. The molecule has 1 heterocycles. The molecule has 8 heteroatoms. The molecule has 0 aromatic heterocycles. The number of halogens is 1. The summed E-state index contributed by atoms with van der Waals surface area (Å²) in [6, 6.07) is 0. The van der Waals surface area contributed by atoms with E-state index >= 15 is 0 Å². The largest absolute Gasteiger partial charge is 0.457 e. The van der Waals surface area contributed by atoms with Crippen LogP contribution in [0.25, 0.3) is 0 Å². The molecule has 1 N–H and O–H groups in total. The molecule has 0 aromatic carbocycles. The van der Waals surface area contributed by atoms with Crippen molar-refractivity contribution in [2.24, 2.45) is 17.8 Å². The van der Waals surface area contributed by atoms with Gasteiger partial charge in [-0.1, -0.05) is 0 Å². The highest BCUT2D eigenvalue weighted by Crippen LogP contribution is 2.71. The third-order valence-electron chi connectivity index (χ3n) is 6.46. The Kier molecular flexibility index (Phi) is 4.99. The fraction of sp³-hybridized carbons (Fsp3) is 0.895. The summed E-state index contributed by atoms with van der Waals surface area (Å²) in [6.07, 6.45) is 4.89. The first-order chi connectivity index (χ1) is 12.7. The van der Waals surface area contributed by atoms with Gasteiger partial charge in [-0.2, -0.15) is 0 Å². The van der Waals surface area contributed by atoms with Crippen LogP contribution in [-0.4, -0.2) is 56.6 Å². The molecule has 5 rings (SSSR count). The number of esters is 2. The predicted molar refractivity (Wildman–Crippen MR) is 102 cm³/mol. The van der Waals surface area contributed by atoms with Gasteiger partial charge < -0.3 is 14.6 Å². The first-order valence-electron chi connectivity index (χ1n) is 9.66. The van der Waals surface area contributed by atoms with Crippen molar-refractivity contribution in [3.63, 3.8) is 0 Å². The zero-order valence-electron chi connectivity index (χ0n) is 15.7. The summed E-state index contributed by atoms with van der Waals surface area (Å²) in [4.78, 5) is 23.8. The average Bonchev–Trinajstić information content (AvgIpc) is 3.01. The number of aliphatic hydroxyl groups excluding tert-OH is 1. The van der Waals surface area contributed by atoms with Gasteiger partial charge in [0, 0.05) is 11.0 Å². The van der Waals surface area contributed by atoms with E-state index in [0.717, 1.165) is 38.9 Å². The summed E-state index contributed by atoms with van der Waals surface area (Å²) in [5.74, 6) is 0.899. The van der Waals surface area contributed by atoms with Crippen molar-refractivity contribution in [3.8, 4) is 0 Å². The Bertz CT molecular complexity index is 618. The lowest BCUT2D eigenvalue weighted by Crippen LogP contribution is -2.61.